The number of halogens is 2. The van der Waals surface area contributed by atoms with Crippen LogP contribution >= 0.6 is 15.9 Å². The molecule has 2 aromatic rings. The number of imidazole rings is 1. The topological polar surface area (TPSA) is 29.9 Å². The Morgan fingerprint density at radius 3 is 3.00 bits per heavy atom. The van der Waals surface area contributed by atoms with Crippen LogP contribution in [0.3, 0.4) is 0 Å². The van der Waals surface area contributed by atoms with Crippen molar-refractivity contribution < 1.29 is 4.39 Å². The van der Waals surface area contributed by atoms with Crippen LogP contribution in [0.5, 0.6) is 0 Å². The molecule has 0 aliphatic rings. The van der Waals surface area contributed by atoms with E-state index in [1.54, 1.807) is 18.6 Å². The van der Waals surface area contributed by atoms with Crippen LogP contribution in [0.25, 0.3) is 0 Å². The van der Waals surface area contributed by atoms with E-state index in [1.165, 1.54) is 6.07 Å². The normalized spacial score (nSPS) is 10.5. The molecule has 0 aliphatic heterocycles. The molecule has 3 nitrogen and oxygen atoms in total. The molecule has 5 heteroatoms. The third kappa shape index (κ3) is 3.30. The maximum atomic E-state index is 13.4. The van der Waals surface area contributed by atoms with Gasteiger partial charge in [0, 0.05) is 30.0 Å². The first-order valence-electron chi connectivity index (χ1n) is 5.41. The number of hydrogen-bond donors (Lipinski definition) is 1. The molecule has 0 radical (unpaired) electrons. The molecule has 17 heavy (non-hydrogen) atoms. The molecule has 1 aromatic carbocycles. The highest BCUT2D eigenvalue weighted by molar-refractivity contribution is 9.10. The van der Waals surface area contributed by atoms with Gasteiger partial charge in [0.2, 0.25) is 0 Å². The van der Waals surface area contributed by atoms with E-state index < -0.39 is 0 Å². The van der Waals surface area contributed by atoms with Gasteiger partial charge >= 0.3 is 0 Å². The van der Waals surface area contributed by atoms with E-state index in [4.69, 9.17) is 0 Å². The van der Waals surface area contributed by atoms with E-state index in [9.17, 15) is 4.39 Å². The van der Waals surface area contributed by atoms with Gasteiger partial charge in [0.05, 0.1) is 12.0 Å². The third-order valence-electron chi connectivity index (χ3n) is 2.42. The van der Waals surface area contributed by atoms with Gasteiger partial charge in [-0.2, -0.15) is 0 Å². The van der Waals surface area contributed by atoms with E-state index in [-0.39, 0.29) is 5.82 Å². The highest BCUT2D eigenvalue weighted by atomic mass is 79.9. The number of hydrogen-bond acceptors (Lipinski definition) is 2. The fourth-order valence-corrected chi connectivity index (χ4v) is 2.04. The van der Waals surface area contributed by atoms with E-state index in [0.717, 1.165) is 24.0 Å². The average molecular weight is 298 g/mol. The summed E-state index contributed by atoms with van der Waals surface area (Å²) in [5.41, 5.74) is 0.526. The molecule has 1 heterocycles. The van der Waals surface area contributed by atoms with Crippen LogP contribution in [-0.2, 0) is 6.54 Å². The minimum atomic E-state index is -0.234. The van der Waals surface area contributed by atoms with E-state index in [2.05, 4.69) is 26.2 Å². The van der Waals surface area contributed by atoms with Crippen LogP contribution in [0.2, 0.25) is 0 Å². The number of rotatable bonds is 5. The largest absolute Gasteiger partial charge is 0.382 e. The Labute approximate surface area is 108 Å². The summed E-state index contributed by atoms with van der Waals surface area (Å²) in [5, 5.41) is 3.09. The van der Waals surface area contributed by atoms with Crippen LogP contribution in [0, 0.1) is 5.82 Å². The minimum absolute atomic E-state index is 0.234. The summed E-state index contributed by atoms with van der Waals surface area (Å²) in [4.78, 5) is 3.96. The number of benzene rings is 1. The number of aromatic nitrogens is 2. The molecule has 2 rings (SSSR count). The third-order valence-corrected chi connectivity index (χ3v) is 3.08. The van der Waals surface area contributed by atoms with Crippen LogP contribution in [0.4, 0.5) is 10.1 Å². The molecule has 0 aliphatic carbocycles. The van der Waals surface area contributed by atoms with E-state index in [0.29, 0.717) is 5.69 Å². The zero-order valence-corrected chi connectivity index (χ0v) is 10.8. The van der Waals surface area contributed by atoms with E-state index in [1.807, 2.05) is 16.8 Å². The SMILES string of the molecule is Fc1cccc(Br)c1NCCCn1ccnc1. The Balaban J connectivity index is 1.82. The zero-order chi connectivity index (χ0) is 12.1. The molecule has 0 amide bonds. The van der Waals surface area contributed by atoms with Crippen LogP contribution in [0.15, 0.2) is 41.4 Å². The number of nitrogens with zero attached hydrogens (tertiary/aromatic N) is 2. The van der Waals surface area contributed by atoms with Gasteiger partial charge in [-0.3, -0.25) is 0 Å². The molecule has 0 fully saturated rings. The second kappa shape index (κ2) is 5.82. The van der Waals surface area contributed by atoms with Crippen LogP contribution in [0.1, 0.15) is 6.42 Å². The first-order chi connectivity index (χ1) is 8.27. The molecule has 0 unspecified atom stereocenters. The fraction of sp³-hybridized carbons (Fsp3) is 0.250. The van der Waals surface area contributed by atoms with Crippen molar-refractivity contribution in [3.05, 3.63) is 47.2 Å². The Morgan fingerprint density at radius 2 is 2.29 bits per heavy atom. The second-order valence-electron chi connectivity index (χ2n) is 3.68. The quantitative estimate of drug-likeness (QED) is 0.858. The van der Waals surface area contributed by atoms with Gasteiger partial charge in [-0.15, -0.1) is 0 Å². The van der Waals surface area contributed by atoms with Crippen LogP contribution < -0.4 is 5.32 Å². The lowest BCUT2D eigenvalue weighted by Crippen LogP contribution is -2.07. The maximum Gasteiger partial charge on any atom is 0.147 e. The second-order valence-corrected chi connectivity index (χ2v) is 4.53. The van der Waals surface area contributed by atoms with Gasteiger partial charge in [0.25, 0.3) is 0 Å². The highest BCUT2D eigenvalue weighted by Crippen LogP contribution is 2.24. The number of anilines is 1. The Morgan fingerprint density at radius 1 is 1.41 bits per heavy atom. The van der Waals surface area contributed by atoms with Crippen molar-refractivity contribution in [2.75, 3.05) is 11.9 Å². The smallest absolute Gasteiger partial charge is 0.147 e. The minimum Gasteiger partial charge on any atom is -0.382 e. The highest BCUT2D eigenvalue weighted by Gasteiger charge is 2.04. The molecule has 0 atom stereocenters. The summed E-state index contributed by atoms with van der Waals surface area (Å²) in [7, 11) is 0. The molecule has 1 aromatic heterocycles. The maximum absolute atomic E-state index is 13.4. The predicted molar refractivity (Wildman–Crippen MR) is 69.4 cm³/mol. The molecule has 0 saturated heterocycles. The first-order valence-corrected chi connectivity index (χ1v) is 6.20. The summed E-state index contributed by atoms with van der Waals surface area (Å²) < 4.78 is 16.2. The summed E-state index contributed by atoms with van der Waals surface area (Å²) in [6, 6.07) is 4.94. The molecule has 0 bridgehead atoms. The number of aryl methyl sites for hydroxylation is 1. The van der Waals surface area contributed by atoms with E-state index >= 15 is 0 Å². The zero-order valence-electron chi connectivity index (χ0n) is 9.24. The van der Waals surface area contributed by atoms with Crippen molar-refractivity contribution in [3.8, 4) is 0 Å². The van der Waals surface area contributed by atoms with Crippen LogP contribution in [-0.4, -0.2) is 16.1 Å². The molecule has 0 saturated carbocycles. The number of para-hydroxylation sites is 1. The van der Waals surface area contributed by atoms with Gasteiger partial charge < -0.3 is 9.88 Å². The van der Waals surface area contributed by atoms with Crippen molar-refractivity contribution in [1.29, 1.82) is 0 Å². The molecule has 0 spiro atoms. The molecular formula is C12H13BrFN3. The van der Waals surface area contributed by atoms with Gasteiger partial charge in [-0.05, 0) is 34.5 Å². The predicted octanol–water partition coefficient (Wildman–Crippen LogP) is 3.29. The standard InChI is InChI=1S/C12H13BrFN3/c13-10-3-1-4-11(14)12(10)16-5-2-7-17-8-6-15-9-17/h1,3-4,6,8-9,16H,2,5,7H2. The van der Waals surface area contributed by atoms with Gasteiger partial charge in [-0.1, -0.05) is 6.07 Å². The Bertz CT molecular complexity index is 450. The fourth-order valence-electron chi connectivity index (χ4n) is 1.56. The molecule has 90 valence electrons. The summed E-state index contributed by atoms with van der Waals surface area (Å²) in [6.07, 6.45) is 6.36. The van der Waals surface area contributed by atoms with Gasteiger partial charge in [0.15, 0.2) is 0 Å². The first kappa shape index (κ1) is 12.1. The lowest BCUT2D eigenvalue weighted by atomic mass is 10.3. The lowest BCUT2D eigenvalue weighted by molar-refractivity contribution is 0.624. The van der Waals surface area contributed by atoms with Crippen molar-refractivity contribution >= 4 is 21.6 Å². The Kier molecular flexibility index (Phi) is 4.14. The summed E-state index contributed by atoms with van der Waals surface area (Å²) >= 11 is 3.32. The number of nitrogens with one attached hydrogen (secondary N) is 1. The monoisotopic (exact) mass is 297 g/mol. The Hall–Kier alpha value is -1.36. The molecule has 1 N–H and O–H groups in total. The summed E-state index contributed by atoms with van der Waals surface area (Å²) in [6.45, 7) is 1.59. The molecular weight excluding hydrogens is 285 g/mol. The summed E-state index contributed by atoms with van der Waals surface area (Å²) in [5.74, 6) is -0.234. The van der Waals surface area contributed by atoms with Gasteiger partial charge in [-0.25, -0.2) is 9.37 Å². The lowest BCUT2D eigenvalue weighted by Gasteiger charge is -2.09. The van der Waals surface area contributed by atoms with Crippen molar-refractivity contribution in [3.63, 3.8) is 0 Å². The van der Waals surface area contributed by atoms with Crippen molar-refractivity contribution in [1.82, 2.24) is 9.55 Å². The van der Waals surface area contributed by atoms with Crippen molar-refractivity contribution in [2.24, 2.45) is 0 Å². The van der Waals surface area contributed by atoms with Gasteiger partial charge in [0.1, 0.15) is 5.82 Å². The average Bonchev–Trinajstić information content (AvgIpc) is 2.80. The van der Waals surface area contributed by atoms with Crippen molar-refractivity contribution in [2.45, 2.75) is 13.0 Å².